The number of H-pyrrole nitrogens is 1. The zero-order valence-corrected chi connectivity index (χ0v) is 11.3. The molecule has 0 fully saturated rings. The van der Waals surface area contributed by atoms with Crippen LogP contribution in [0.2, 0.25) is 0 Å². The molecule has 0 atom stereocenters. The Bertz CT molecular complexity index is 612. The number of benzene rings is 1. The number of carbonyl (C=O) groups is 1. The average molecular weight is 257 g/mol. The van der Waals surface area contributed by atoms with E-state index in [-0.39, 0.29) is 5.97 Å². The van der Waals surface area contributed by atoms with Crippen molar-refractivity contribution in [3.63, 3.8) is 0 Å². The third-order valence-electron chi connectivity index (χ3n) is 4.06. The van der Waals surface area contributed by atoms with Crippen molar-refractivity contribution in [2.75, 3.05) is 7.11 Å². The van der Waals surface area contributed by atoms with Crippen molar-refractivity contribution < 1.29 is 9.53 Å². The Hall–Kier alpha value is -1.77. The predicted molar refractivity (Wildman–Crippen MR) is 75.3 cm³/mol. The Morgan fingerprint density at radius 2 is 2.00 bits per heavy atom. The molecule has 0 bridgehead atoms. The fraction of sp³-hybridized carbons (Fsp3) is 0.438. The first-order chi connectivity index (χ1) is 9.28. The van der Waals surface area contributed by atoms with Crippen molar-refractivity contribution in [2.45, 2.75) is 38.5 Å². The van der Waals surface area contributed by atoms with Crippen LogP contribution in [0.1, 0.15) is 36.0 Å². The van der Waals surface area contributed by atoms with E-state index in [1.165, 1.54) is 60.4 Å². The minimum Gasteiger partial charge on any atom is -0.469 e. The molecule has 1 aliphatic rings. The summed E-state index contributed by atoms with van der Waals surface area (Å²) in [5, 5.41) is 1.27. The highest BCUT2D eigenvalue weighted by atomic mass is 16.5. The normalized spacial score (nSPS) is 14.4. The number of aromatic nitrogens is 1. The van der Waals surface area contributed by atoms with Gasteiger partial charge in [0.2, 0.25) is 0 Å². The molecule has 0 spiro atoms. The molecule has 1 heterocycles. The summed E-state index contributed by atoms with van der Waals surface area (Å²) in [5.74, 6) is -0.146. The number of fused-ring (bicyclic) bond motifs is 2. The standard InChI is InChI=1S/C16H19NO2/c1-19-16(18)7-6-13-10-17-15-9-12-5-3-2-4-11(12)8-14(13)15/h8-10,17H,2-7H2,1H3. The molecule has 1 aromatic carbocycles. The van der Waals surface area contributed by atoms with Gasteiger partial charge in [0.15, 0.2) is 0 Å². The maximum Gasteiger partial charge on any atom is 0.305 e. The lowest BCUT2D eigenvalue weighted by Crippen LogP contribution is -2.03. The fourth-order valence-electron chi connectivity index (χ4n) is 2.96. The molecule has 0 aliphatic heterocycles. The Morgan fingerprint density at radius 3 is 2.74 bits per heavy atom. The van der Waals surface area contributed by atoms with Crippen molar-refractivity contribution in [3.05, 3.63) is 35.0 Å². The van der Waals surface area contributed by atoms with Gasteiger partial charge < -0.3 is 9.72 Å². The van der Waals surface area contributed by atoms with Gasteiger partial charge in [-0.1, -0.05) is 0 Å². The molecule has 3 heteroatoms. The van der Waals surface area contributed by atoms with E-state index in [4.69, 9.17) is 4.74 Å². The van der Waals surface area contributed by atoms with E-state index >= 15 is 0 Å². The third kappa shape index (κ3) is 2.37. The highest BCUT2D eigenvalue weighted by molar-refractivity contribution is 5.85. The first kappa shape index (κ1) is 12.3. The summed E-state index contributed by atoms with van der Waals surface area (Å²) in [7, 11) is 1.44. The van der Waals surface area contributed by atoms with Crippen molar-refractivity contribution in [3.8, 4) is 0 Å². The Kier molecular flexibility index (Phi) is 3.28. The third-order valence-corrected chi connectivity index (χ3v) is 4.06. The molecule has 1 N–H and O–H groups in total. The van der Waals surface area contributed by atoms with Crippen LogP contribution in [-0.4, -0.2) is 18.1 Å². The zero-order valence-electron chi connectivity index (χ0n) is 11.3. The predicted octanol–water partition coefficient (Wildman–Crippen LogP) is 3.15. The van der Waals surface area contributed by atoms with Gasteiger partial charge in [0.25, 0.3) is 0 Å². The van der Waals surface area contributed by atoms with Crippen LogP contribution in [0.4, 0.5) is 0 Å². The van der Waals surface area contributed by atoms with E-state index < -0.39 is 0 Å². The van der Waals surface area contributed by atoms with E-state index in [1.54, 1.807) is 0 Å². The smallest absolute Gasteiger partial charge is 0.305 e. The van der Waals surface area contributed by atoms with E-state index in [9.17, 15) is 4.79 Å². The Labute approximate surface area is 113 Å². The number of aromatic amines is 1. The summed E-state index contributed by atoms with van der Waals surface area (Å²) in [6, 6.07) is 4.60. The number of nitrogens with one attached hydrogen (secondary N) is 1. The van der Waals surface area contributed by atoms with Crippen LogP contribution in [0.25, 0.3) is 10.9 Å². The van der Waals surface area contributed by atoms with Crippen molar-refractivity contribution in [1.29, 1.82) is 0 Å². The first-order valence-corrected chi connectivity index (χ1v) is 6.96. The second kappa shape index (κ2) is 5.08. The van der Waals surface area contributed by atoms with Crippen molar-refractivity contribution in [1.82, 2.24) is 4.98 Å². The molecule has 3 nitrogen and oxygen atoms in total. The highest BCUT2D eigenvalue weighted by Gasteiger charge is 2.13. The molecule has 1 aromatic heterocycles. The van der Waals surface area contributed by atoms with Gasteiger partial charge in [-0.2, -0.15) is 0 Å². The molecule has 3 rings (SSSR count). The van der Waals surface area contributed by atoms with E-state index in [1.807, 2.05) is 6.20 Å². The van der Waals surface area contributed by atoms with Crippen LogP contribution in [0, 0.1) is 0 Å². The molecule has 2 aromatic rings. The maximum absolute atomic E-state index is 11.2. The van der Waals surface area contributed by atoms with Crippen LogP contribution in [-0.2, 0) is 28.8 Å². The number of esters is 1. The van der Waals surface area contributed by atoms with Gasteiger partial charge >= 0.3 is 5.97 Å². The van der Waals surface area contributed by atoms with Gasteiger partial charge in [0, 0.05) is 23.5 Å². The van der Waals surface area contributed by atoms with Gasteiger partial charge in [0.05, 0.1) is 7.11 Å². The topological polar surface area (TPSA) is 42.1 Å². The van der Waals surface area contributed by atoms with Crippen LogP contribution in [0.15, 0.2) is 18.3 Å². The van der Waals surface area contributed by atoms with Crippen LogP contribution in [0.5, 0.6) is 0 Å². The van der Waals surface area contributed by atoms with E-state index in [2.05, 4.69) is 17.1 Å². The molecular weight excluding hydrogens is 238 g/mol. The van der Waals surface area contributed by atoms with Gasteiger partial charge in [-0.05, 0) is 60.9 Å². The van der Waals surface area contributed by atoms with Crippen molar-refractivity contribution in [2.24, 2.45) is 0 Å². The minimum atomic E-state index is -0.146. The molecule has 1 aliphatic carbocycles. The Morgan fingerprint density at radius 1 is 1.26 bits per heavy atom. The lowest BCUT2D eigenvalue weighted by atomic mass is 9.90. The highest BCUT2D eigenvalue weighted by Crippen LogP contribution is 2.28. The second-order valence-corrected chi connectivity index (χ2v) is 5.26. The molecular formula is C16H19NO2. The fourth-order valence-corrected chi connectivity index (χ4v) is 2.96. The largest absolute Gasteiger partial charge is 0.469 e. The molecule has 0 amide bonds. The molecule has 0 unspecified atom stereocenters. The Balaban J connectivity index is 1.91. The maximum atomic E-state index is 11.2. The average Bonchev–Trinajstić information content (AvgIpc) is 2.84. The van der Waals surface area contributed by atoms with Crippen LogP contribution >= 0.6 is 0 Å². The molecule has 100 valence electrons. The van der Waals surface area contributed by atoms with Gasteiger partial charge in [-0.25, -0.2) is 0 Å². The number of rotatable bonds is 3. The van der Waals surface area contributed by atoms with Crippen molar-refractivity contribution >= 4 is 16.9 Å². The summed E-state index contributed by atoms with van der Waals surface area (Å²) < 4.78 is 4.70. The number of ether oxygens (including phenoxy) is 1. The molecule has 19 heavy (non-hydrogen) atoms. The summed E-state index contributed by atoms with van der Waals surface area (Å²) in [6.45, 7) is 0. The van der Waals surface area contributed by atoms with Gasteiger partial charge in [-0.15, -0.1) is 0 Å². The SMILES string of the molecule is COC(=O)CCc1c[nH]c2cc3c(cc12)CCCC3. The molecule has 0 saturated heterocycles. The van der Waals surface area contributed by atoms with Gasteiger partial charge in [-0.3, -0.25) is 4.79 Å². The second-order valence-electron chi connectivity index (χ2n) is 5.26. The monoisotopic (exact) mass is 257 g/mol. The summed E-state index contributed by atoms with van der Waals surface area (Å²) in [6.07, 6.45) is 8.19. The molecule has 0 radical (unpaired) electrons. The lowest BCUT2D eigenvalue weighted by molar-refractivity contribution is -0.140. The van der Waals surface area contributed by atoms with Crippen LogP contribution < -0.4 is 0 Å². The number of methoxy groups -OCH3 is 1. The number of carbonyl (C=O) groups excluding carboxylic acids is 1. The minimum absolute atomic E-state index is 0.146. The number of hydrogen-bond acceptors (Lipinski definition) is 2. The summed E-state index contributed by atoms with van der Waals surface area (Å²) >= 11 is 0. The quantitative estimate of drug-likeness (QED) is 0.858. The van der Waals surface area contributed by atoms with E-state index in [0.29, 0.717) is 6.42 Å². The van der Waals surface area contributed by atoms with Crippen LogP contribution in [0.3, 0.4) is 0 Å². The first-order valence-electron chi connectivity index (χ1n) is 6.96. The lowest BCUT2D eigenvalue weighted by Gasteiger charge is -2.15. The molecule has 0 saturated carbocycles. The number of hydrogen-bond donors (Lipinski definition) is 1. The van der Waals surface area contributed by atoms with Gasteiger partial charge in [0.1, 0.15) is 0 Å². The van der Waals surface area contributed by atoms with E-state index in [0.717, 1.165) is 6.42 Å². The summed E-state index contributed by atoms with van der Waals surface area (Å²) in [4.78, 5) is 14.6. The zero-order chi connectivity index (χ0) is 13.2. The summed E-state index contributed by atoms with van der Waals surface area (Å²) in [5.41, 5.74) is 5.38. The number of aryl methyl sites for hydroxylation is 3.